The quantitative estimate of drug-likeness (QED) is 0.453. The molecule has 0 amide bonds. The molecule has 0 bridgehead atoms. The SMILES string of the molecule is CCCCNc1c2c(nc3ccc([N+](=O)[O-])cc13)CC(C)(C)CC2=O.Cl. The van der Waals surface area contributed by atoms with Gasteiger partial charge >= 0.3 is 0 Å². The molecule has 0 aliphatic heterocycles. The van der Waals surface area contributed by atoms with E-state index in [0.29, 0.717) is 28.6 Å². The molecule has 0 unspecified atom stereocenters. The highest BCUT2D eigenvalue weighted by atomic mass is 35.5. The lowest BCUT2D eigenvalue weighted by Gasteiger charge is -2.31. The molecule has 1 heterocycles. The van der Waals surface area contributed by atoms with E-state index in [1.54, 1.807) is 6.07 Å². The molecule has 0 saturated heterocycles. The number of rotatable bonds is 5. The third-order valence-corrected chi connectivity index (χ3v) is 4.65. The first-order valence-electron chi connectivity index (χ1n) is 8.70. The number of unbranched alkanes of at least 4 members (excludes halogenated alkanes) is 1. The van der Waals surface area contributed by atoms with E-state index < -0.39 is 4.92 Å². The Bertz CT molecular complexity index is 865. The van der Waals surface area contributed by atoms with E-state index in [9.17, 15) is 14.9 Å². The number of hydrogen-bond acceptors (Lipinski definition) is 5. The van der Waals surface area contributed by atoms with Crippen molar-refractivity contribution in [3.8, 4) is 0 Å². The minimum absolute atomic E-state index is 0. The number of Topliss-reactive ketones (excluding diaryl/α,β-unsaturated/α-hetero) is 1. The molecule has 0 saturated carbocycles. The van der Waals surface area contributed by atoms with Gasteiger partial charge in [0, 0.05) is 30.5 Å². The van der Waals surface area contributed by atoms with Crippen LogP contribution in [0.15, 0.2) is 18.2 Å². The Hall–Kier alpha value is -2.21. The first kappa shape index (κ1) is 20.1. The lowest BCUT2D eigenvalue weighted by Crippen LogP contribution is -2.29. The zero-order chi connectivity index (χ0) is 18.2. The van der Waals surface area contributed by atoms with Crippen LogP contribution >= 0.6 is 12.4 Å². The van der Waals surface area contributed by atoms with Crippen LogP contribution in [0.2, 0.25) is 0 Å². The maximum absolute atomic E-state index is 12.8. The van der Waals surface area contributed by atoms with Crippen molar-refractivity contribution in [1.29, 1.82) is 0 Å². The second kappa shape index (κ2) is 7.58. The number of nitrogens with zero attached hydrogens (tertiary/aromatic N) is 2. The molecule has 7 heteroatoms. The summed E-state index contributed by atoms with van der Waals surface area (Å²) in [4.78, 5) is 28.2. The van der Waals surface area contributed by atoms with Gasteiger partial charge in [0.05, 0.1) is 27.4 Å². The Kier molecular flexibility index (Phi) is 5.86. The van der Waals surface area contributed by atoms with Gasteiger partial charge in [-0.3, -0.25) is 19.9 Å². The van der Waals surface area contributed by atoms with Crippen LogP contribution in [-0.2, 0) is 6.42 Å². The number of ketones is 1. The minimum atomic E-state index is -0.417. The van der Waals surface area contributed by atoms with Gasteiger partial charge in [-0.05, 0) is 24.3 Å². The van der Waals surface area contributed by atoms with Crippen molar-refractivity contribution in [2.45, 2.75) is 46.5 Å². The third kappa shape index (κ3) is 3.80. The summed E-state index contributed by atoms with van der Waals surface area (Å²) < 4.78 is 0. The average Bonchev–Trinajstić information content (AvgIpc) is 2.52. The molecule has 1 aromatic carbocycles. The fourth-order valence-corrected chi connectivity index (χ4v) is 3.46. The van der Waals surface area contributed by atoms with Crippen LogP contribution in [0.4, 0.5) is 11.4 Å². The van der Waals surface area contributed by atoms with E-state index in [-0.39, 0.29) is 29.3 Å². The molecule has 6 nitrogen and oxygen atoms in total. The molecule has 0 atom stereocenters. The van der Waals surface area contributed by atoms with Crippen molar-refractivity contribution in [2.24, 2.45) is 5.41 Å². The van der Waals surface area contributed by atoms with Crippen LogP contribution in [0, 0.1) is 15.5 Å². The summed E-state index contributed by atoms with van der Waals surface area (Å²) in [5, 5.41) is 15.2. The predicted molar refractivity (Wildman–Crippen MR) is 105 cm³/mol. The number of hydrogen-bond donors (Lipinski definition) is 1. The number of anilines is 1. The molecule has 1 aliphatic carbocycles. The molecular formula is C19H24ClN3O3. The molecule has 0 spiro atoms. The predicted octanol–water partition coefficient (Wildman–Crippen LogP) is 4.93. The summed E-state index contributed by atoms with van der Waals surface area (Å²) in [6.45, 7) is 6.96. The number of benzene rings is 1. The van der Waals surface area contributed by atoms with E-state index >= 15 is 0 Å². The van der Waals surface area contributed by atoms with Gasteiger partial charge in [0.15, 0.2) is 5.78 Å². The second-order valence-electron chi connectivity index (χ2n) is 7.49. The van der Waals surface area contributed by atoms with Crippen molar-refractivity contribution in [3.63, 3.8) is 0 Å². The normalized spacial score (nSPS) is 15.3. The fourth-order valence-electron chi connectivity index (χ4n) is 3.46. The maximum atomic E-state index is 12.8. The first-order valence-corrected chi connectivity index (χ1v) is 8.70. The molecule has 1 N–H and O–H groups in total. The molecule has 26 heavy (non-hydrogen) atoms. The van der Waals surface area contributed by atoms with Crippen molar-refractivity contribution in [3.05, 3.63) is 39.6 Å². The van der Waals surface area contributed by atoms with Gasteiger partial charge in [0.25, 0.3) is 5.69 Å². The van der Waals surface area contributed by atoms with Gasteiger partial charge in [-0.25, -0.2) is 0 Å². The van der Waals surface area contributed by atoms with E-state index in [4.69, 9.17) is 0 Å². The number of fused-ring (bicyclic) bond motifs is 2. The summed E-state index contributed by atoms with van der Waals surface area (Å²) >= 11 is 0. The maximum Gasteiger partial charge on any atom is 0.270 e. The number of carbonyl (C=O) groups excluding carboxylic acids is 1. The number of nitro groups is 1. The highest BCUT2D eigenvalue weighted by molar-refractivity contribution is 6.10. The highest BCUT2D eigenvalue weighted by Crippen LogP contribution is 2.40. The molecule has 1 aliphatic rings. The largest absolute Gasteiger partial charge is 0.384 e. The average molecular weight is 378 g/mol. The van der Waals surface area contributed by atoms with Crippen LogP contribution in [0.1, 0.15) is 56.1 Å². The third-order valence-electron chi connectivity index (χ3n) is 4.65. The molecule has 1 aromatic heterocycles. The monoisotopic (exact) mass is 377 g/mol. The van der Waals surface area contributed by atoms with Gasteiger partial charge in [-0.15, -0.1) is 12.4 Å². The van der Waals surface area contributed by atoms with Crippen molar-refractivity contribution in [1.82, 2.24) is 4.98 Å². The number of non-ortho nitro benzene ring substituents is 1. The number of nitrogens with one attached hydrogen (secondary N) is 1. The topological polar surface area (TPSA) is 85.1 Å². The zero-order valence-corrected chi connectivity index (χ0v) is 16.1. The molecular weight excluding hydrogens is 354 g/mol. The summed E-state index contributed by atoms with van der Waals surface area (Å²) in [6.07, 6.45) is 3.18. The molecule has 3 rings (SSSR count). The van der Waals surface area contributed by atoms with Crippen LogP contribution in [0.25, 0.3) is 10.9 Å². The smallest absolute Gasteiger partial charge is 0.270 e. The van der Waals surface area contributed by atoms with E-state index in [0.717, 1.165) is 31.5 Å². The van der Waals surface area contributed by atoms with Gasteiger partial charge in [0.1, 0.15) is 0 Å². The number of nitro benzene ring substituents is 1. The summed E-state index contributed by atoms with van der Waals surface area (Å²) in [6, 6.07) is 4.65. The Morgan fingerprint density at radius 3 is 2.69 bits per heavy atom. The molecule has 2 aromatic rings. The molecule has 140 valence electrons. The molecule has 0 radical (unpaired) electrons. The summed E-state index contributed by atoms with van der Waals surface area (Å²) in [5.41, 5.74) is 2.69. The van der Waals surface area contributed by atoms with Crippen LogP contribution in [0.3, 0.4) is 0 Å². The van der Waals surface area contributed by atoms with Crippen LogP contribution in [-0.4, -0.2) is 22.2 Å². The first-order chi connectivity index (χ1) is 11.8. The van der Waals surface area contributed by atoms with Gasteiger partial charge in [-0.2, -0.15) is 0 Å². The Morgan fingerprint density at radius 1 is 1.31 bits per heavy atom. The summed E-state index contributed by atoms with van der Waals surface area (Å²) in [7, 11) is 0. The lowest BCUT2D eigenvalue weighted by atomic mass is 9.75. The van der Waals surface area contributed by atoms with Gasteiger partial charge in [-0.1, -0.05) is 27.2 Å². The number of aromatic nitrogens is 1. The highest BCUT2D eigenvalue weighted by Gasteiger charge is 2.34. The zero-order valence-electron chi connectivity index (χ0n) is 15.3. The van der Waals surface area contributed by atoms with E-state index in [1.807, 2.05) is 0 Å². The number of pyridine rings is 1. The number of carbonyl (C=O) groups is 1. The number of halogens is 1. The Labute approximate surface area is 158 Å². The van der Waals surface area contributed by atoms with Crippen molar-refractivity contribution in [2.75, 3.05) is 11.9 Å². The minimum Gasteiger partial charge on any atom is -0.384 e. The molecule has 0 fully saturated rings. The van der Waals surface area contributed by atoms with Gasteiger partial charge in [0.2, 0.25) is 0 Å². The summed E-state index contributed by atoms with van der Waals surface area (Å²) in [5.74, 6) is 0.0613. The van der Waals surface area contributed by atoms with Crippen LogP contribution < -0.4 is 5.32 Å². The Morgan fingerprint density at radius 2 is 2.04 bits per heavy atom. The van der Waals surface area contributed by atoms with E-state index in [1.165, 1.54) is 12.1 Å². The van der Waals surface area contributed by atoms with Crippen molar-refractivity contribution < 1.29 is 9.72 Å². The standard InChI is InChI=1S/C19H23N3O3.ClH/c1-4-5-8-20-18-13-9-12(22(24)25)6-7-14(13)21-15-10-19(2,3)11-16(23)17(15)18;/h6-7,9H,4-5,8,10-11H2,1-3H3,(H,20,21);1H. The van der Waals surface area contributed by atoms with Crippen LogP contribution in [0.5, 0.6) is 0 Å². The fraction of sp³-hybridized carbons (Fsp3) is 0.474. The second-order valence-corrected chi connectivity index (χ2v) is 7.49. The lowest BCUT2D eigenvalue weighted by molar-refractivity contribution is -0.384. The van der Waals surface area contributed by atoms with Crippen molar-refractivity contribution >= 4 is 40.5 Å². The Balaban J connectivity index is 0.00000243. The van der Waals surface area contributed by atoms with E-state index in [2.05, 4.69) is 31.1 Å². The van der Waals surface area contributed by atoms with Gasteiger partial charge < -0.3 is 5.32 Å².